The van der Waals surface area contributed by atoms with E-state index in [2.05, 4.69) is 0 Å². The predicted molar refractivity (Wildman–Crippen MR) is 99.4 cm³/mol. The van der Waals surface area contributed by atoms with E-state index in [9.17, 15) is 18.8 Å². The number of halogens is 1. The van der Waals surface area contributed by atoms with Gasteiger partial charge in [0.25, 0.3) is 5.91 Å². The standard InChI is InChI=1S/C20H20FNO4S/c1-13-2-7-18(27-13)17(23)12-26-20(25)15-8-10-22(11-9-15)19(24)14-3-5-16(21)6-4-14/h2-7,15H,8-12H2,1H3. The molecular weight excluding hydrogens is 369 g/mol. The van der Waals surface area contributed by atoms with E-state index in [4.69, 9.17) is 4.74 Å². The molecule has 0 bridgehead atoms. The average Bonchev–Trinajstić information content (AvgIpc) is 3.12. The summed E-state index contributed by atoms with van der Waals surface area (Å²) in [4.78, 5) is 39.9. The van der Waals surface area contributed by atoms with Gasteiger partial charge >= 0.3 is 5.97 Å². The number of hydrogen-bond acceptors (Lipinski definition) is 5. The van der Waals surface area contributed by atoms with Crippen LogP contribution in [0.1, 0.15) is 37.7 Å². The van der Waals surface area contributed by atoms with Gasteiger partial charge < -0.3 is 9.64 Å². The Morgan fingerprint density at radius 2 is 1.78 bits per heavy atom. The SMILES string of the molecule is Cc1ccc(C(=O)COC(=O)C2CCN(C(=O)c3ccc(F)cc3)CC2)s1. The lowest BCUT2D eigenvalue weighted by Crippen LogP contribution is -2.40. The lowest BCUT2D eigenvalue weighted by atomic mass is 9.96. The fourth-order valence-corrected chi connectivity index (χ4v) is 3.80. The smallest absolute Gasteiger partial charge is 0.309 e. The summed E-state index contributed by atoms with van der Waals surface area (Å²) < 4.78 is 18.1. The molecule has 1 aliphatic heterocycles. The molecule has 0 atom stereocenters. The topological polar surface area (TPSA) is 63.7 Å². The number of likely N-dealkylation sites (tertiary alicyclic amines) is 1. The Hall–Kier alpha value is -2.54. The molecule has 1 fully saturated rings. The molecule has 7 heteroatoms. The van der Waals surface area contributed by atoms with Gasteiger partial charge in [-0.3, -0.25) is 14.4 Å². The first-order valence-electron chi connectivity index (χ1n) is 8.75. The molecule has 1 amide bonds. The number of amides is 1. The highest BCUT2D eigenvalue weighted by Gasteiger charge is 2.29. The van der Waals surface area contributed by atoms with E-state index in [0.29, 0.717) is 36.4 Å². The summed E-state index contributed by atoms with van der Waals surface area (Å²) in [6, 6.07) is 9.00. The first kappa shape index (κ1) is 19.2. The van der Waals surface area contributed by atoms with E-state index in [1.54, 1.807) is 11.0 Å². The fraction of sp³-hybridized carbons (Fsp3) is 0.350. The van der Waals surface area contributed by atoms with Crippen molar-refractivity contribution in [2.45, 2.75) is 19.8 Å². The number of piperidine rings is 1. The van der Waals surface area contributed by atoms with Crippen LogP contribution in [0.25, 0.3) is 0 Å². The molecule has 2 heterocycles. The summed E-state index contributed by atoms with van der Waals surface area (Å²) in [5, 5.41) is 0. The molecule has 27 heavy (non-hydrogen) atoms. The molecule has 0 spiro atoms. The zero-order valence-corrected chi connectivity index (χ0v) is 15.8. The molecule has 0 unspecified atom stereocenters. The third kappa shape index (κ3) is 4.80. The molecule has 1 saturated heterocycles. The second-order valence-corrected chi connectivity index (χ2v) is 7.80. The van der Waals surface area contributed by atoms with Gasteiger partial charge in [-0.2, -0.15) is 0 Å². The van der Waals surface area contributed by atoms with Gasteiger partial charge in [-0.15, -0.1) is 11.3 Å². The lowest BCUT2D eigenvalue weighted by molar-refractivity contribution is -0.148. The van der Waals surface area contributed by atoms with Crippen LogP contribution in [0, 0.1) is 18.7 Å². The molecular formula is C20H20FNO4S. The van der Waals surface area contributed by atoms with E-state index in [-0.39, 0.29) is 30.0 Å². The minimum atomic E-state index is -0.398. The Bertz CT molecular complexity index is 838. The molecule has 2 aromatic rings. The van der Waals surface area contributed by atoms with Crippen LogP contribution in [-0.2, 0) is 9.53 Å². The first-order chi connectivity index (χ1) is 12.9. The number of benzene rings is 1. The highest BCUT2D eigenvalue weighted by atomic mass is 32.1. The monoisotopic (exact) mass is 389 g/mol. The van der Waals surface area contributed by atoms with Crippen LogP contribution in [0.3, 0.4) is 0 Å². The molecule has 0 N–H and O–H groups in total. The minimum Gasteiger partial charge on any atom is -0.457 e. The molecule has 3 rings (SSSR count). The number of Topliss-reactive ketones (excluding diaryl/α,β-unsaturated/α-hetero) is 1. The highest BCUT2D eigenvalue weighted by molar-refractivity contribution is 7.14. The minimum absolute atomic E-state index is 0.176. The summed E-state index contributed by atoms with van der Waals surface area (Å²) >= 11 is 1.38. The molecule has 0 radical (unpaired) electrons. The van der Waals surface area contributed by atoms with Crippen molar-refractivity contribution in [3.05, 3.63) is 57.5 Å². The van der Waals surface area contributed by atoms with Crippen LogP contribution >= 0.6 is 11.3 Å². The lowest BCUT2D eigenvalue weighted by Gasteiger charge is -2.31. The number of nitrogens with zero attached hydrogens (tertiary/aromatic N) is 1. The van der Waals surface area contributed by atoms with Crippen molar-refractivity contribution in [2.24, 2.45) is 5.92 Å². The third-order valence-electron chi connectivity index (χ3n) is 4.57. The molecule has 1 aromatic carbocycles. The summed E-state index contributed by atoms with van der Waals surface area (Å²) in [6.07, 6.45) is 0.968. The van der Waals surface area contributed by atoms with E-state index >= 15 is 0 Å². The van der Waals surface area contributed by atoms with Gasteiger partial charge in [0.1, 0.15) is 5.82 Å². The van der Waals surface area contributed by atoms with Gasteiger partial charge in [0.2, 0.25) is 5.78 Å². The summed E-state index contributed by atoms with van der Waals surface area (Å²) in [5.74, 6) is -1.48. The number of rotatable bonds is 5. The van der Waals surface area contributed by atoms with E-state index in [0.717, 1.165) is 4.88 Å². The van der Waals surface area contributed by atoms with Crippen molar-refractivity contribution in [1.82, 2.24) is 4.90 Å². The number of thiophene rings is 1. The maximum Gasteiger partial charge on any atom is 0.309 e. The Labute approximate surface area is 160 Å². The number of carbonyl (C=O) groups is 3. The largest absolute Gasteiger partial charge is 0.457 e. The van der Waals surface area contributed by atoms with E-state index < -0.39 is 5.97 Å². The Balaban J connectivity index is 1.47. The van der Waals surface area contributed by atoms with Gasteiger partial charge in [0.15, 0.2) is 6.61 Å². The van der Waals surface area contributed by atoms with Crippen molar-refractivity contribution in [3.63, 3.8) is 0 Å². The van der Waals surface area contributed by atoms with E-state index in [1.165, 1.54) is 35.6 Å². The third-order valence-corrected chi connectivity index (χ3v) is 5.61. The van der Waals surface area contributed by atoms with Crippen molar-refractivity contribution in [2.75, 3.05) is 19.7 Å². The van der Waals surface area contributed by atoms with Gasteiger partial charge in [0.05, 0.1) is 10.8 Å². The zero-order valence-electron chi connectivity index (χ0n) is 14.9. The fourth-order valence-electron chi connectivity index (χ4n) is 3.00. The number of carbonyl (C=O) groups excluding carboxylic acids is 3. The van der Waals surface area contributed by atoms with Crippen LogP contribution in [0.5, 0.6) is 0 Å². The Morgan fingerprint density at radius 3 is 2.37 bits per heavy atom. The van der Waals surface area contributed by atoms with Gasteiger partial charge in [-0.1, -0.05) is 0 Å². The van der Waals surface area contributed by atoms with Gasteiger partial charge in [-0.05, 0) is 56.2 Å². The number of ketones is 1. The Morgan fingerprint density at radius 1 is 1.11 bits per heavy atom. The zero-order chi connectivity index (χ0) is 19.4. The summed E-state index contributed by atoms with van der Waals surface area (Å²) in [5.41, 5.74) is 0.425. The van der Waals surface area contributed by atoms with Crippen LogP contribution in [0.2, 0.25) is 0 Å². The molecule has 1 aliphatic rings. The summed E-state index contributed by atoms with van der Waals surface area (Å²) in [7, 11) is 0. The maximum atomic E-state index is 13.0. The molecule has 1 aromatic heterocycles. The molecule has 142 valence electrons. The van der Waals surface area contributed by atoms with Crippen molar-refractivity contribution in [3.8, 4) is 0 Å². The number of esters is 1. The summed E-state index contributed by atoms with van der Waals surface area (Å²) in [6.45, 7) is 2.50. The quantitative estimate of drug-likeness (QED) is 0.580. The van der Waals surface area contributed by atoms with Crippen LogP contribution in [0.15, 0.2) is 36.4 Å². The highest BCUT2D eigenvalue weighted by Crippen LogP contribution is 2.21. The van der Waals surface area contributed by atoms with Crippen LogP contribution in [-0.4, -0.2) is 42.3 Å². The van der Waals surface area contributed by atoms with Crippen molar-refractivity contribution in [1.29, 1.82) is 0 Å². The molecule has 5 nitrogen and oxygen atoms in total. The van der Waals surface area contributed by atoms with Crippen LogP contribution < -0.4 is 0 Å². The normalized spacial score (nSPS) is 14.8. The van der Waals surface area contributed by atoms with E-state index in [1.807, 2.05) is 13.0 Å². The number of aryl methyl sites for hydroxylation is 1. The molecule has 0 saturated carbocycles. The number of hydrogen-bond donors (Lipinski definition) is 0. The first-order valence-corrected chi connectivity index (χ1v) is 9.57. The second-order valence-electron chi connectivity index (χ2n) is 6.51. The van der Waals surface area contributed by atoms with Crippen molar-refractivity contribution >= 4 is 29.0 Å². The maximum absolute atomic E-state index is 13.0. The second kappa shape index (κ2) is 8.43. The Kier molecular flexibility index (Phi) is 6.01. The predicted octanol–water partition coefficient (Wildman–Crippen LogP) is 3.47. The van der Waals surface area contributed by atoms with Crippen molar-refractivity contribution < 1.29 is 23.5 Å². The number of ether oxygens (including phenoxy) is 1. The molecule has 0 aliphatic carbocycles. The average molecular weight is 389 g/mol. The van der Waals surface area contributed by atoms with Crippen LogP contribution in [0.4, 0.5) is 4.39 Å². The van der Waals surface area contributed by atoms with Gasteiger partial charge in [0, 0.05) is 23.5 Å². The van der Waals surface area contributed by atoms with Gasteiger partial charge in [-0.25, -0.2) is 4.39 Å².